The Labute approximate surface area is 114 Å². The molecule has 0 radical (unpaired) electrons. The summed E-state index contributed by atoms with van der Waals surface area (Å²) in [6.45, 7) is 16.5. The maximum Gasteiger partial charge on any atom is 0.00332 e. The molecule has 2 N–H and O–H groups in total. The smallest absolute Gasteiger partial charge is 0.00332 e. The van der Waals surface area contributed by atoms with E-state index in [0.29, 0.717) is 10.8 Å². The molecule has 0 spiro atoms. The molecule has 0 aromatic heterocycles. The summed E-state index contributed by atoms with van der Waals surface area (Å²) in [5.74, 6) is 0.776. The summed E-state index contributed by atoms with van der Waals surface area (Å²) in [5, 5.41) is 0. The van der Waals surface area contributed by atoms with Gasteiger partial charge in [-0.05, 0) is 62.1 Å². The van der Waals surface area contributed by atoms with E-state index in [2.05, 4.69) is 39.5 Å². The van der Waals surface area contributed by atoms with Crippen LogP contribution in [0.5, 0.6) is 0 Å². The maximum absolute atomic E-state index is 5.75. The number of hydrogen-bond acceptors (Lipinski definition) is 2. The highest BCUT2D eigenvalue weighted by atomic mass is 15.1. The van der Waals surface area contributed by atoms with E-state index in [9.17, 15) is 0 Å². The second-order valence-electron chi connectivity index (χ2n) is 7.97. The summed E-state index contributed by atoms with van der Waals surface area (Å²) in [5.41, 5.74) is 6.69. The van der Waals surface area contributed by atoms with Crippen molar-refractivity contribution in [3.63, 3.8) is 0 Å². The van der Waals surface area contributed by atoms with Crippen LogP contribution in [-0.2, 0) is 0 Å². The molecule has 0 aliphatic carbocycles. The Morgan fingerprint density at radius 1 is 1.22 bits per heavy atom. The van der Waals surface area contributed by atoms with Gasteiger partial charge in [-0.1, -0.05) is 34.6 Å². The second-order valence-corrected chi connectivity index (χ2v) is 7.97. The average molecular weight is 254 g/mol. The van der Waals surface area contributed by atoms with Crippen LogP contribution in [0, 0.1) is 16.7 Å². The summed E-state index contributed by atoms with van der Waals surface area (Å²) >= 11 is 0. The third-order valence-electron chi connectivity index (χ3n) is 4.52. The monoisotopic (exact) mass is 254 g/mol. The van der Waals surface area contributed by atoms with Crippen LogP contribution in [0.2, 0.25) is 0 Å². The summed E-state index contributed by atoms with van der Waals surface area (Å²) in [7, 11) is 0. The minimum Gasteiger partial charge on any atom is -0.330 e. The third kappa shape index (κ3) is 5.27. The molecule has 1 unspecified atom stereocenters. The lowest BCUT2D eigenvalue weighted by molar-refractivity contribution is 0.197. The van der Waals surface area contributed by atoms with Gasteiger partial charge in [-0.25, -0.2) is 0 Å². The highest BCUT2D eigenvalue weighted by Crippen LogP contribution is 2.33. The number of nitrogens with two attached hydrogens (primary N) is 1. The van der Waals surface area contributed by atoms with Crippen LogP contribution in [0.4, 0.5) is 0 Å². The number of hydrogen-bond donors (Lipinski definition) is 1. The van der Waals surface area contributed by atoms with Crippen LogP contribution < -0.4 is 5.73 Å². The lowest BCUT2D eigenvalue weighted by atomic mass is 9.76. The summed E-state index contributed by atoms with van der Waals surface area (Å²) < 4.78 is 0. The fourth-order valence-electron chi connectivity index (χ4n) is 3.19. The summed E-state index contributed by atoms with van der Waals surface area (Å²) in [6, 6.07) is 0. The van der Waals surface area contributed by atoms with Crippen molar-refractivity contribution in [2.45, 2.75) is 60.3 Å². The van der Waals surface area contributed by atoms with E-state index >= 15 is 0 Å². The molecule has 1 rings (SSSR count). The molecule has 2 heteroatoms. The van der Waals surface area contributed by atoms with Crippen molar-refractivity contribution in [2.24, 2.45) is 22.5 Å². The second kappa shape index (κ2) is 6.38. The van der Waals surface area contributed by atoms with Crippen molar-refractivity contribution in [2.75, 3.05) is 26.2 Å². The van der Waals surface area contributed by atoms with Crippen LogP contribution >= 0.6 is 0 Å². The minimum atomic E-state index is 0.406. The van der Waals surface area contributed by atoms with Crippen molar-refractivity contribution in [3.05, 3.63) is 0 Å². The predicted molar refractivity (Wildman–Crippen MR) is 80.7 cm³/mol. The molecule has 0 amide bonds. The molecule has 0 bridgehead atoms. The molecular weight excluding hydrogens is 220 g/mol. The molecule has 0 aromatic rings. The molecule has 1 fully saturated rings. The minimum absolute atomic E-state index is 0.406. The van der Waals surface area contributed by atoms with Gasteiger partial charge in [0.15, 0.2) is 0 Å². The van der Waals surface area contributed by atoms with Crippen LogP contribution in [0.1, 0.15) is 60.3 Å². The first-order chi connectivity index (χ1) is 8.24. The van der Waals surface area contributed by atoms with E-state index in [1.165, 1.54) is 45.3 Å². The Hall–Kier alpha value is -0.0800. The Morgan fingerprint density at radius 2 is 1.89 bits per heavy atom. The number of likely N-dealkylation sites (tertiary alicyclic amines) is 1. The normalized spacial score (nSPS) is 22.3. The Morgan fingerprint density at radius 3 is 2.33 bits per heavy atom. The van der Waals surface area contributed by atoms with Gasteiger partial charge in [0, 0.05) is 6.54 Å². The van der Waals surface area contributed by atoms with E-state index in [1.807, 2.05) is 0 Å². The fraction of sp³-hybridized carbons (Fsp3) is 1.00. The van der Waals surface area contributed by atoms with Gasteiger partial charge in [-0.15, -0.1) is 0 Å². The lowest BCUT2D eigenvalue weighted by Gasteiger charge is -2.31. The van der Waals surface area contributed by atoms with E-state index in [4.69, 9.17) is 5.73 Å². The molecule has 1 atom stereocenters. The van der Waals surface area contributed by atoms with Crippen LogP contribution in [0.15, 0.2) is 0 Å². The van der Waals surface area contributed by atoms with Crippen molar-refractivity contribution < 1.29 is 0 Å². The van der Waals surface area contributed by atoms with Crippen molar-refractivity contribution in [1.82, 2.24) is 4.90 Å². The standard InChI is InChI=1S/C16H34N2/c1-15(2,3)14(8-10-17)7-6-11-18-12-9-16(4,5)13-18/h14H,6-13,17H2,1-5H3. The molecule has 1 aliphatic rings. The third-order valence-corrected chi connectivity index (χ3v) is 4.52. The quantitative estimate of drug-likeness (QED) is 0.786. The van der Waals surface area contributed by atoms with Gasteiger partial charge < -0.3 is 10.6 Å². The van der Waals surface area contributed by atoms with E-state index in [1.54, 1.807) is 0 Å². The van der Waals surface area contributed by atoms with Crippen molar-refractivity contribution in [1.29, 1.82) is 0 Å². The molecule has 108 valence electrons. The van der Waals surface area contributed by atoms with Gasteiger partial charge in [-0.3, -0.25) is 0 Å². The van der Waals surface area contributed by atoms with Gasteiger partial charge in [0.1, 0.15) is 0 Å². The summed E-state index contributed by atoms with van der Waals surface area (Å²) in [4.78, 5) is 2.64. The lowest BCUT2D eigenvalue weighted by Crippen LogP contribution is -2.27. The Balaban J connectivity index is 2.27. The molecular formula is C16H34N2. The molecule has 1 aliphatic heterocycles. The SMILES string of the molecule is CC1(C)CCN(CCCC(CCN)C(C)(C)C)C1. The van der Waals surface area contributed by atoms with Crippen LogP contribution in [0.25, 0.3) is 0 Å². The summed E-state index contributed by atoms with van der Waals surface area (Å²) in [6.07, 6.45) is 5.20. The van der Waals surface area contributed by atoms with E-state index < -0.39 is 0 Å². The van der Waals surface area contributed by atoms with Gasteiger partial charge in [-0.2, -0.15) is 0 Å². The van der Waals surface area contributed by atoms with Crippen molar-refractivity contribution >= 4 is 0 Å². The topological polar surface area (TPSA) is 29.3 Å². The zero-order chi connectivity index (χ0) is 13.8. The highest BCUT2D eigenvalue weighted by Gasteiger charge is 2.29. The maximum atomic E-state index is 5.75. The molecule has 2 nitrogen and oxygen atoms in total. The predicted octanol–water partition coefficient (Wildman–Crippen LogP) is 3.51. The van der Waals surface area contributed by atoms with Crippen LogP contribution in [0.3, 0.4) is 0 Å². The molecule has 1 heterocycles. The first-order valence-corrected chi connectivity index (χ1v) is 7.67. The number of rotatable bonds is 6. The molecule has 18 heavy (non-hydrogen) atoms. The molecule has 0 saturated carbocycles. The van der Waals surface area contributed by atoms with Gasteiger partial charge in [0.05, 0.1) is 0 Å². The van der Waals surface area contributed by atoms with E-state index in [0.717, 1.165) is 12.5 Å². The average Bonchev–Trinajstić information content (AvgIpc) is 2.55. The largest absolute Gasteiger partial charge is 0.330 e. The van der Waals surface area contributed by atoms with Gasteiger partial charge in [0.2, 0.25) is 0 Å². The van der Waals surface area contributed by atoms with Gasteiger partial charge in [0.25, 0.3) is 0 Å². The number of nitrogens with zero attached hydrogens (tertiary/aromatic N) is 1. The molecule has 0 aromatic carbocycles. The van der Waals surface area contributed by atoms with Crippen LogP contribution in [-0.4, -0.2) is 31.1 Å². The first-order valence-electron chi connectivity index (χ1n) is 7.67. The van der Waals surface area contributed by atoms with Crippen molar-refractivity contribution in [3.8, 4) is 0 Å². The van der Waals surface area contributed by atoms with E-state index in [-0.39, 0.29) is 0 Å². The Kier molecular flexibility index (Phi) is 5.67. The van der Waals surface area contributed by atoms with Gasteiger partial charge >= 0.3 is 0 Å². The highest BCUT2D eigenvalue weighted by molar-refractivity contribution is 4.83. The molecule has 1 saturated heterocycles. The fourth-order valence-corrected chi connectivity index (χ4v) is 3.19. The first kappa shape index (κ1) is 16.0. The zero-order valence-corrected chi connectivity index (χ0v) is 13.3. The zero-order valence-electron chi connectivity index (χ0n) is 13.3. The Bertz CT molecular complexity index is 240.